The molecule has 0 aliphatic rings. The normalized spacial score (nSPS) is 14.2. The van der Waals surface area contributed by atoms with Crippen molar-refractivity contribution in [3.63, 3.8) is 0 Å². The molecule has 108 valence electrons. The Morgan fingerprint density at radius 1 is 1.50 bits per heavy atom. The molecule has 8 heteroatoms. The van der Waals surface area contributed by atoms with Gasteiger partial charge in [0.25, 0.3) is 0 Å². The third-order valence-corrected chi connectivity index (χ3v) is 4.47. The maximum absolute atomic E-state index is 13.2. The lowest BCUT2D eigenvalue weighted by Crippen LogP contribution is -2.14. The summed E-state index contributed by atoms with van der Waals surface area (Å²) in [7, 11) is -0.881. The molecule has 2 aromatic rings. The number of halogens is 1. The van der Waals surface area contributed by atoms with E-state index in [0.717, 1.165) is 0 Å². The summed E-state index contributed by atoms with van der Waals surface area (Å²) in [5, 5.41) is 11.5. The summed E-state index contributed by atoms with van der Waals surface area (Å²) in [4.78, 5) is 0. The molecule has 0 aliphatic carbocycles. The van der Waals surface area contributed by atoms with Gasteiger partial charge in [-0.05, 0) is 35.0 Å². The van der Waals surface area contributed by atoms with Crippen LogP contribution in [0.1, 0.15) is 13.3 Å². The minimum absolute atomic E-state index is 0.0556. The van der Waals surface area contributed by atoms with Crippen LogP contribution >= 0.6 is 0 Å². The number of anilines is 1. The van der Waals surface area contributed by atoms with Crippen LogP contribution in [0.15, 0.2) is 18.2 Å². The Kier molecular flexibility index (Phi) is 4.43. The van der Waals surface area contributed by atoms with Crippen molar-refractivity contribution in [3.05, 3.63) is 24.0 Å². The Morgan fingerprint density at radius 2 is 2.25 bits per heavy atom. The van der Waals surface area contributed by atoms with Gasteiger partial charge in [-0.25, -0.2) is 9.07 Å². The molecule has 0 radical (unpaired) electrons. The SMILES string of the molecule is CC(CCn1nnnc1-c1ccc(F)c(N)c1)S(C)=O. The highest BCUT2D eigenvalue weighted by Gasteiger charge is 2.13. The van der Waals surface area contributed by atoms with Gasteiger partial charge in [-0.15, -0.1) is 5.10 Å². The molecule has 2 atom stereocenters. The highest BCUT2D eigenvalue weighted by atomic mass is 32.2. The third-order valence-electron chi connectivity index (χ3n) is 3.10. The third kappa shape index (κ3) is 3.19. The van der Waals surface area contributed by atoms with Crippen molar-refractivity contribution in [2.75, 3.05) is 12.0 Å². The number of hydrogen-bond donors (Lipinski definition) is 1. The zero-order chi connectivity index (χ0) is 14.7. The fourth-order valence-electron chi connectivity index (χ4n) is 1.71. The number of aromatic nitrogens is 4. The van der Waals surface area contributed by atoms with Gasteiger partial charge in [-0.3, -0.25) is 4.21 Å². The van der Waals surface area contributed by atoms with Crippen molar-refractivity contribution in [3.8, 4) is 11.4 Å². The number of nitrogens with zero attached hydrogens (tertiary/aromatic N) is 4. The van der Waals surface area contributed by atoms with Crippen LogP contribution < -0.4 is 5.73 Å². The van der Waals surface area contributed by atoms with E-state index in [9.17, 15) is 8.60 Å². The molecule has 2 rings (SSSR count). The molecular formula is C12H16FN5OS. The summed E-state index contributed by atoms with van der Waals surface area (Å²) in [5.41, 5.74) is 6.25. The topological polar surface area (TPSA) is 86.7 Å². The molecule has 2 unspecified atom stereocenters. The van der Waals surface area contributed by atoms with E-state index in [1.165, 1.54) is 12.1 Å². The second-order valence-electron chi connectivity index (χ2n) is 4.56. The smallest absolute Gasteiger partial charge is 0.182 e. The van der Waals surface area contributed by atoms with Crippen molar-refractivity contribution in [2.45, 2.75) is 25.1 Å². The van der Waals surface area contributed by atoms with Crippen LogP contribution in [0.4, 0.5) is 10.1 Å². The average Bonchev–Trinajstić information content (AvgIpc) is 2.87. The van der Waals surface area contributed by atoms with Crippen LogP contribution in [0.3, 0.4) is 0 Å². The van der Waals surface area contributed by atoms with Gasteiger partial charge in [0, 0.05) is 34.4 Å². The van der Waals surface area contributed by atoms with Crippen LogP contribution in [0.5, 0.6) is 0 Å². The minimum atomic E-state index is -0.881. The van der Waals surface area contributed by atoms with Gasteiger partial charge in [0.15, 0.2) is 5.82 Å². The lowest BCUT2D eigenvalue weighted by Gasteiger charge is -2.09. The lowest BCUT2D eigenvalue weighted by atomic mass is 10.2. The Balaban J connectivity index is 2.19. The van der Waals surface area contributed by atoms with E-state index in [1.807, 2.05) is 6.92 Å². The number of aryl methyl sites for hydroxylation is 1. The molecule has 0 aliphatic heterocycles. The highest BCUT2D eigenvalue weighted by Crippen LogP contribution is 2.21. The number of benzene rings is 1. The second kappa shape index (κ2) is 6.08. The van der Waals surface area contributed by atoms with Crippen LogP contribution in [-0.4, -0.2) is 35.9 Å². The fourth-order valence-corrected chi connectivity index (χ4v) is 2.15. The first-order valence-corrected chi connectivity index (χ1v) is 7.75. The number of rotatable bonds is 5. The summed E-state index contributed by atoms with van der Waals surface area (Å²) < 4.78 is 26.1. The van der Waals surface area contributed by atoms with Crippen molar-refractivity contribution >= 4 is 16.5 Å². The standard InChI is InChI=1S/C12H16FN5OS/c1-8(20(2)19)5-6-18-12(15-16-17-18)9-3-4-10(13)11(14)7-9/h3-4,7-8H,5-6,14H2,1-2H3. The van der Waals surface area contributed by atoms with E-state index in [-0.39, 0.29) is 10.9 Å². The Morgan fingerprint density at radius 3 is 2.90 bits per heavy atom. The largest absolute Gasteiger partial charge is 0.396 e. The van der Waals surface area contributed by atoms with Crippen LogP contribution in [0.25, 0.3) is 11.4 Å². The van der Waals surface area contributed by atoms with Gasteiger partial charge < -0.3 is 5.73 Å². The van der Waals surface area contributed by atoms with Crippen molar-refractivity contribution < 1.29 is 8.60 Å². The van der Waals surface area contributed by atoms with Crippen LogP contribution in [0.2, 0.25) is 0 Å². The molecule has 1 aromatic heterocycles. The first-order valence-electron chi connectivity index (χ1n) is 6.13. The monoisotopic (exact) mass is 297 g/mol. The summed E-state index contributed by atoms with van der Waals surface area (Å²) >= 11 is 0. The maximum Gasteiger partial charge on any atom is 0.182 e. The molecular weight excluding hydrogens is 281 g/mol. The summed E-state index contributed by atoms with van der Waals surface area (Å²) in [6.07, 6.45) is 2.36. The summed E-state index contributed by atoms with van der Waals surface area (Å²) in [6.45, 7) is 2.45. The fraction of sp³-hybridized carbons (Fsp3) is 0.417. The van der Waals surface area contributed by atoms with Crippen LogP contribution in [-0.2, 0) is 17.3 Å². The van der Waals surface area contributed by atoms with Gasteiger partial charge in [-0.2, -0.15) is 0 Å². The number of tetrazole rings is 1. The Bertz CT molecular complexity index is 630. The van der Waals surface area contributed by atoms with Crippen molar-refractivity contribution in [1.82, 2.24) is 20.2 Å². The van der Waals surface area contributed by atoms with Crippen molar-refractivity contribution in [2.24, 2.45) is 0 Å². The zero-order valence-electron chi connectivity index (χ0n) is 11.3. The van der Waals surface area contributed by atoms with E-state index >= 15 is 0 Å². The molecule has 6 nitrogen and oxygen atoms in total. The molecule has 1 aromatic carbocycles. The van der Waals surface area contributed by atoms with Gasteiger partial charge in [-0.1, -0.05) is 6.92 Å². The highest BCUT2D eigenvalue weighted by molar-refractivity contribution is 7.84. The van der Waals surface area contributed by atoms with Crippen molar-refractivity contribution in [1.29, 1.82) is 0 Å². The molecule has 0 fully saturated rings. The van der Waals surface area contributed by atoms with Gasteiger partial charge in [0.2, 0.25) is 0 Å². The van der Waals surface area contributed by atoms with E-state index in [0.29, 0.717) is 24.4 Å². The predicted octanol–water partition coefficient (Wildman–Crippen LogP) is 1.22. The molecule has 0 spiro atoms. The van der Waals surface area contributed by atoms with E-state index in [2.05, 4.69) is 15.5 Å². The van der Waals surface area contributed by atoms with E-state index in [4.69, 9.17) is 5.73 Å². The average molecular weight is 297 g/mol. The Labute approximate surface area is 118 Å². The van der Waals surface area contributed by atoms with Crippen LogP contribution in [0, 0.1) is 5.82 Å². The van der Waals surface area contributed by atoms with E-state index < -0.39 is 16.6 Å². The molecule has 0 amide bonds. The number of nitrogen functional groups attached to an aromatic ring is 1. The molecule has 1 heterocycles. The molecule has 20 heavy (non-hydrogen) atoms. The maximum atomic E-state index is 13.2. The van der Waals surface area contributed by atoms with Gasteiger partial charge in [0.05, 0.1) is 5.69 Å². The first-order chi connectivity index (χ1) is 9.49. The molecule has 0 saturated heterocycles. The minimum Gasteiger partial charge on any atom is -0.396 e. The predicted molar refractivity (Wildman–Crippen MR) is 75.8 cm³/mol. The van der Waals surface area contributed by atoms with Gasteiger partial charge >= 0.3 is 0 Å². The summed E-state index contributed by atoms with van der Waals surface area (Å²) in [6, 6.07) is 4.36. The number of nitrogens with two attached hydrogens (primary N) is 1. The Hall–Kier alpha value is -1.83. The molecule has 0 saturated carbocycles. The van der Waals surface area contributed by atoms with E-state index in [1.54, 1.807) is 17.0 Å². The quantitative estimate of drug-likeness (QED) is 0.838. The molecule has 0 bridgehead atoms. The lowest BCUT2D eigenvalue weighted by molar-refractivity contribution is 0.556. The second-order valence-corrected chi connectivity index (χ2v) is 6.36. The number of hydrogen-bond acceptors (Lipinski definition) is 5. The summed E-state index contributed by atoms with van der Waals surface area (Å²) in [5.74, 6) is 0.0496. The molecule has 2 N–H and O–H groups in total. The zero-order valence-corrected chi connectivity index (χ0v) is 12.1. The first kappa shape index (κ1) is 14.6. The van der Waals surface area contributed by atoms with Gasteiger partial charge in [0.1, 0.15) is 5.82 Å².